The number of nitrogens with zero attached hydrogens (tertiary/aromatic N) is 2. The quantitative estimate of drug-likeness (QED) is 0.831. The van der Waals surface area contributed by atoms with E-state index in [1.807, 2.05) is 18.4 Å². The highest BCUT2D eigenvalue weighted by molar-refractivity contribution is 7.98. The Kier molecular flexibility index (Phi) is 3.18. The second kappa shape index (κ2) is 4.60. The smallest absolute Gasteiger partial charge is 0.136 e. The van der Waals surface area contributed by atoms with Crippen LogP contribution in [0.5, 0.6) is 0 Å². The van der Waals surface area contributed by atoms with Crippen molar-refractivity contribution in [3.05, 3.63) is 34.9 Å². The fraction of sp³-hybridized carbons (Fsp3) is 0.0909. The first-order chi connectivity index (χ1) is 7.76. The summed E-state index contributed by atoms with van der Waals surface area (Å²) in [6.07, 6.45) is 1.89. The summed E-state index contributed by atoms with van der Waals surface area (Å²) in [6, 6.07) is 9.49. The fourth-order valence-electron chi connectivity index (χ4n) is 1.43. The highest BCUT2D eigenvalue weighted by atomic mass is 35.5. The van der Waals surface area contributed by atoms with Crippen molar-refractivity contribution in [3.63, 3.8) is 0 Å². The van der Waals surface area contributed by atoms with Crippen LogP contribution in [0.3, 0.4) is 0 Å². The molecular weight excluding hydrogens is 242 g/mol. The lowest BCUT2D eigenvalue weighted by Crippen LogP contribution is -1.82. The molecule has 1 heterocycles. The molecule has 0 saturated heterocycles. The first-order valence-corrected chi connectivity index (χ1v) is 6.15. The van der Waals surface area contributed by atoms with Gasteiger partial charge in [0.05, 0.1) is 5.69 Å². The van der Waals surface area contributed by atoms with Crippen molar-refractivity contribution in [3.8, 4) is 17.3 Å². The molecule has 2 aromatic rings. The second-order valence-electron chi connectivity index (χ2n) is 3.11. The Labute approximate surface area is 102 Å². The summed E-state index contributed by atoms with van der Waals surface area (Å²) in [6.45, 7) is 0. The highest BCUT2D eigenvalue weighted by Crippen LogP contribution is 2.28. The van der Waals surface area contributed by atoms with Crippen LogP contribution in [0, 0.1) is 11.3 Å². The summed E-state index contributed by atoms with van der Waals surface area (Å²) in [5.74, 6) is 0. The van der Waals surface area contributed by atoms with Gasteiger partial charge in [0.15, 0.2) is 0 Å². The third kappa shape index (κ3) is 1.92. The average Bonchev–Trinajstić information content (AvgIpc) is 2.71. The molecule has 0 bridgehead atoms. The summed E-state index contributed by atoms with van der Waals surface area (Å²) in [5, 5.41) is 17.4. The van der Waals surface area contributed by atoms with Crippen LogP contribution in [-0.2, 0) is 0 Å². The number of nitrogens with one attached hydrogen (secondary N) is 1. The zero-order valence-electron chi connectivity index (χ0n) is 8.49. The van der Waals surface area contributed by atoms with E-state index in [0.29, 0.717) is 21.3 Å². The second-order valence-corrected chi connectivity index (χ2v) is 4.34. The van der Waals surface area contributed by atoms with Gasteiger partial charge in [0.2, 0.25) is 0 Å². The predicted molar refractivity (Wildman–Crippen MR) is 65.5 cm³/mol. The van der Waals surface area contributed by atoms with E-state index in [9.17, 15) is 0 Å². The molecule has 1 aromatic heterocycles. The lowest BCUT2D eigenvalue weighted by Gasteiger charge is -1.98. The van der Waals surface area contributed by atoms with Gasteiger partial charge in [-0.3, -0.25) is 5.10 Å². The molecule has 0 aliphatic heterocycles. The summed E-state index contributed by atoms with van der Waals surface area (Å²) < 4.78 is 0. The minimum Gasteiger partial charge on any atom is -0.275 e. The Balaban J connectivity index is 2.57. The summed E-state index contributed by atoms with van der Waals surface area (Å²) in [4.78, 5) is 0. The van der Waals surface area contributed by atoms with Crippen molar-refractivity contribution in [1.82, 2.24) is 10.2 Å². The molecule has 0 aliphatic rings. The van der Waals surface area contributed by atoms with E-state index in [1.165, 1.54) is 11.8 Å². The van der Waals surface area contributed by atoms with E-state index in [4.69, 9.17) is 16.9 Å². The number of aromatic nitrogens is 2. The van der Waals surface area contributed by atoms with Gasteiger partial charge in [0, 0.05) is 10.6 Å². The standard InChI is InChI=1S/C11H8ClN3S/c1-16-11-9(6-13)10(14-15-11)7-3-2-4-8(12)5-7/h2-5H,1H3,(H,14,15). The van der Waals surface area contributed by atoms with Crippen LogP contribution < -0.4 is 0 Å². The number of aromatic amines is 1. The van der Waals surface area contributed by atoms with E-state index < -0.39 is 0 Å². The fourth-order valence-corrected chi connectivity index (χ4v) is 2.11. The molecule has 2 rings (SSSR count). The first-order valence-electron chi connectivity index (χ1n) is 4.54. The Morgan fingerprint density at radius 1 is 1.50 bits per heavy atom. The van der Waals surface area contributed by atoms with E-state index in [2.05, 4.69) is 16.3 Å². The van der Waals surface area contributed by atoms with Gasteiger partial charge in [-0.05, 0) is 18.4 Å². The van der Waals surface area contributed by atoms with Crippen molar-refractivity contribution < 1.29 is 0 Å². The van der Waals surface area contributed by atoms with Crippen LogP contribution >= 0.6 is 23.4 Å². The first kappa shape index (κ1) is 11.1. The van der Waals surface area contributed by atoms with E-state index >= 15 is 0 Å². The maximum Gasteiger partial charge on any atom is 0.136 e. The maximum atomic E-state index is 9.09. The molecule has 0 radical (unpaired) electrons. The van der Waals surface area contributed by atoms with E-state index in [1.54, 1.807) is 12.1 Å². The highest BCUT2D eigenvalue weighted by Gasteiger charge is 2.13. The number of benzene rings is 1. The van der Waals surface area contributed by atoms with Gasteiger partial charge in [-0.25, -0.2) is 0 Å². The Bertz CT molecular complexity index is 557. The molecule has 0 amide bonds. The molecule has 1 N–H and O–H groups in total. The molecule has 80 valence electrons. The maximum absolute atomic E-state index is 9.09. The van der Waals surface area contributed by atoms with Crippen LogP contribution in [0.2, 0.25) is 5.02 Å². The Morgan fingerprint density at radius 2 is 2.31 bits per heavy atom. The minimum absolute atomic E-state index is 0.565. The number of halogens is 1. The molecule has 0 unspecified atom stereocenters. The normalized spacial score (nSPS) is 10.1. The van der Waals surface area contributed by atoms with Gasteiger partial charge < -0.3 is 0 Å². The number of thioether (sulfide) groups is 1. The minimum atomic E-state index is 0.565. The van der Waals surface area contributed by atoms with Gasteiger partial charge in [-0.15, -0.1) is 11.8 Å². The third-order valence-electron chi connectivity index (χ3n) is 2.15. The van der Waals surface area contributed by atoms with Crippen molar-refractivity contribution >= 4 is 23.4 Å². The van der Waals surface area contributed by atoms with Gasteiger partial charge in [-0.2, -0.15) is 10.4 Å². The summed E-state index contributed by atoms with van der Waals surface area (Å²) in [5.41, 5.74) is 2.15. The van der Waals surface area contributed by atoms with Crippen molar-refractivity contribution in [2.75, 3.05) is 6.26 Å². The number of H-pyrrole nitrogens is 1. The lowest BCUT2D eigenvalue weighted by molar-refractivity contribution is 1.01. The largest absolute Gasteiger partial charge is 0.275 e. The van der Waals surface area contributed by atoms with Crippen LogP contribution in [0.25, 0.3) is 11.3 Å². The average molecular weight is 250 g/mol. The molecule has 16 heavy (non-hydrogen) atoms. The van der Waals surface area contributed by atoms with Crippen LogP contribution in [0.15, 0.2) is 29.3 Å². The van der Waals surface area contributed by atoms with Crippen LogP contribution in [0.4, 0.5) is 0 Å². The SMILES string of the molecule is CSc1n[nH]c(-c2cccc(Cl)c2)c1C#N. The monoisotopic (exact) mass is 249 g/mol. The zero-order valence-corrected chi connectivity index (χ0v) is 10.1. The predicted octanol–water partition coefficient (Wildman–Crippen LogP) is 3.32. The van der Waals surface area contributed by atoms with Crippen LogP contribution in [-0.4, -0.2) is 16.5 Å². The van der Waals surface area contributed by atoms with Gasteiger partial charge in [0.25, 0.3) is 0 Å². The van der Waals surface area contributed by atoms with Crippen molar-refractivity contribution in [2.24, 2.45) is 0 Å². The molecule has 0 atom stereocenters. The van der Waals surface area contributed by atoms with Gasteiger partial charge in [-0.1, -0.05) is 23.7 Å². The molecule has 1 aromatic carbocycles. The van der Waals surface area contributed by atoms with Crippen LogP contribution in [0.1, 0.15) is 5.56 Å². The molecule has 0 spiro atoms. The van der Waals surface area contributed by atoms with Gasteiger partial charge in [0.1, 0.15) is 16.7 Å². The molecule has 0 saturated carbocycles. The lowest BCUT2D eigenvalue weighted by atomic mass is 10.1. The Morgan fingerprint density at radius 3 is 2.94 bits per heavy atom. The topological polar surface area (TPSA) is 52.5 Å². The molecule has 0 fully saturated rings. The molecule has 5 heteroatoms. The Hall–Kier alpha value is -1.44. The third-order valence-corrected chi connectivity index (χ3v) is 3.07. The van der Waals surface area contributed by atoms with E-state index in [0.717, 1.165) is 5.56 Å². The summed E-state index contributed by atoms with van der Waals surface area (Å²) >= 11 is 7.35. The number of hydrogen-bond donors (Lipinski definition) is 1. The number of nitriles is 1. The molecular formula is C11H8ClN3S. The van der Waals surface area contributed by atoms with Crippen molar-refractivity contribution in [1.29, 1.82) is 5.26 Å². The molecule has 3 nitrogen and oxygen atoms in total. The number of rotatable bonds is 2. The van der Waals surface area contributed by atoms with Gasteiger partial charge >= 0.3 is 0 Å². The van der Waals surface area contributed by atoms with Crippen molar-refractivity contribution in [2.45, 2.75) is 5.03 Å². The summed E-state index contributed by atoms with van der Waals surface area (Å²) in [7, 11) is 0. The molecule has 0 aliphatic carbocycles. The zero-order chi connectivity index (χ0) is 11.5. The van der Waals surface area contributed by atoms with E-state index in [-0.39, 0.29) is 0 Å². The number of hydrogen-bond acceptors (Lipinski definition) is 3.